The summed E-state index contributed by atoms with van der Waals surface area (Å²) < 4.78 is 0. The zero-order chi connectivity index (χ0) is 11.6. The van der Waals surface area contributed by atoms with Crippen LogP contribution in [0.3, 0.4) is 0 Å². The number of nitrogens with one attached hydrogen (secondary N) is 1. The molecule has 2 saturated heterocycles. The number of nitrogens with zero attached hydrogens (tertiary/aromatic N) is 1. The molecule has 0 aromatic carbocycles. The molecule has 0 aliphatic carbocycles. The molecule has 2 fully saturated rings. The quantitative estimate of drug-likeness (QED) is 0.651. The van der Waals surface area contributed by atoms with E-state index in [1.807, 2.05) is 0 Å². The molecule has 16 heavy (non-hydrogen) atoms. The molecule has 2 heterocycles. The molecule has 1 unspecified atom stereocenters. The Hall–Kier alpha value is -1.26. The zero-order valence-corrected chi connectivity index (χ0v) is 9.37. The van der Waals surface area contributed by atoms with Crippen LogP contribution in [0.2, 0.25) is 0 Å². The molecule has 2 amide bonds. The van der Waals surface area contributed by atoms with Gasteiger partial charge in [-0.1, -0.05) is 0 Å². The first-order valence-corrected chi connectivity index (χ1v) is 5.96. The van der Waals surface area contributed by atoms with Gasteiger partial charge in [-0.05, 0) is 38.5 Å². The van der Waals surface area contributed by atoms with E-state index in [-0.39, 0.29) is 5.91 Å². The lowest BCUT2D eigenvalue weighted by atomic mass is 9.82. The number of carbonyl (C=O) groups is 2. The topological polar surface area (TPSA) is 69.6 Å². The van der Waals surface area contributed by atoms with Crippen molar-refractivity contribution in [1.29, 1.82) is 0 Å². The summed E-state index contributed by atoms with van der Waals surface area (Å²) in [5.74, 6) is -0.0906. The van der Waals surface area contributed by atoms with Crippen molar-refractivity contribution >= 4 is 12.0 Å². The third-order valence-corrected chi connectivity index (χ3v) is 3.70. The predicted molar refractivity (Wildman–Crippen MR) is 58.2 cm³/mol. The maximum absolute atomic E-state index is 12.1. The first-order valence-electron chi connectivity index (χ1n) is 5.96. The van der Waals surface area contributed by atoms with Crippen LogP contribution in [0.4, 0.5) is 4.79 Å². The van der Waals surface area contributed by atoms with Gasteiger partial charge in [-0.15, -0.1) is 0 Å². The minimum Gasteiger partial charge on any atom is -0.465 e. The summed E-state index contributed by atoms with van der Waals surface area (Å²) in [4.78, 5) is 24.7. The number of amides is 2. The normalized spacial score (nSPS) is 31.0. The zero-order valence-electron chi connectivity index (χ0n) is 9.37. The van der Waals surface area contributed by atoms with Gasteiger partial charge < -0.3 is 10.4 Å². The Labute approximate surface area is 94.8 Å². The Morgan fingerprint density at radius 2 is 1.94 bits per heavy atom. The molecule has 2 aliphatic rings. The van der Waals surface area contributed by atoms with Crippen LogP contribution >= 0.6 is 0 Å². The smallest absolute Gasteiger partial charge is 0.408 e. The van der Waals surface area contributed by atoms with Crippen molar-refractivity contribution in [2.75, 3.05) is 13.1 Å². The summed E-state index contributed by atoms with van der Waals surface area (Å²) in [7, 11) is 0. The molecule has 0 aromatic heterocycles. The number of rotatable bonds is 0. The van der Waals surface area contributed by atoms with Crippen LogP contribution in [-0.2, 0) is 4.79 Å². The molecule has 0 saturated carbocycles. The average molecular weight is 226 g/mol. The van der Waals surface area contributed by atoms with Gasteiger partial charge in [-0.2, -0.15) is 0 Å². The number of carbonyl (C=O) groups excluding carboxylic acids is 1. The SMILES string of the molecule is O=C(O)N1CCCCC12CCCCNC2=O. The van der Waals surface area contributed by atoms with E-state index in [1.165, 1.54) is 4.90 Å². The van der Waals surface area contributed by atoms with Crippen LogP contribution in [0.25, 0.3) is 0 Å². The lowest BCUT2D eigenvalue weighted by Gasteiger charge is -2.43. The Kier molecular flexibility index (Phi) is 3.03. The van der Waals surface area contributed by atoms with Crippen LogP contribution in [0, 0.1) is 0 Å². The minimum atomic E-state index is -0.961. The summed E-state index contributed by atoms with van der Waals surface area (Å²) in [6, 6.07) is 0. The van der Waals surface area contributed by atoms with Crippen LogP contribution < -0.4 is 5.32 Å². The van der Waals surface area contributed by atoms with E-state index < -0.39 is 11.6 Å². The molecular weight excluding hydrogens is 208 g/mol. The van der Waals surface area contributed by atoms with Gasteiger partial charge in [-0.3, -0.25) is 9.69 Å². The number of hydrogen-bond donors (Lipinski definition) is 2. The number of hydrogen-bond acceptors (Lipinski definition) is 2. The summed E-state index contributed by atoms with van der Waals surface area (Å²) in [6.07, 6.45) is 4.05. The molecular formula is C11H18N2O3. The van der Waals surface area contributed by atoms with Crippen molar-refractivity contribution < 1.29 is 14.7 Å². The van der Waals surface area contributed by atoms with E-state index >= 15 is 0 Å². The highest BCUT2D eigenvalue weighted by molar-refractivity contribution is 5.90. The third-order valence-electron chi connectivity index (χ3n) is 3.70. The first-order chi connectivity index (χ1) is 7.67. The van der Waals surface area contributed by atoms with Gasteiger partial charge >= 0.3 is 6.09 Å². The predicted octanol–water partition coefficient (Wildman–Crippen LogP) is 1.19. The molecule has 0 radical (unpaired) electrons. The second-order valence-electron chi connectivity index (χ2n) is 4.64. The van der Waals surface area contributed by atoms with Crippen molar-refractivity contribution in [3.8, 4) is 0 Å². The van der Waals surface area contributed by atoms with Gasteiger partial charge in [0, 0.05) is 13.1 Å². The molecule has 5 heteroatoms. The second kappa shape index (κ2) is 4.31. The summed E-state index contributed by atoms with van der Waals surface area (Å²) >= 11 is 0. The molecule has 90 valence electrons. The van der Waals surface area contributed by atoms with Gasteiger partial charge in [0.05, 0.1) is 0 Å². The maximum Gasteiger partial charge on any atom is 0.408 e. The van der Waals surface area contributed by atoms with Crippen molar-refractivity contribution in [2.45, 2.75) is 44.1 Å². The van der Waals surface area contributed by atoms with Crippen molar-refractivity contribution in [2.24, 2.45) is 0 Å². The Morgan fingerprint density at radius 1 is 1.25 bits per heavy atom. The van der Waals surface area contributed by atoms with E-state index in [2.05, 4.69) is 5.32 Å². The minimum absolute atomic E-state index is 0.0906. The largest absolute Gasteiger partial charge is 0.465 e. The molecule has 0 bridgehead atoms. The van der Waals surface area contributed by atoms with Crippen LogP contribution in [0.15, 0.2) is 0 Å². The van der Waals surface area contributed by atoms with Gasteiger partial charge in [0.2, 0.25) is 5.91 Å². The third kappa shape index (κ3) is 1.74. The Bertz CT molecular complexity index is 306. The fourth-order valence-corrected chi connectivity index (χ4v) is 2.83. The number of piperidine rings is 1. The Morgan fingerprint density at radius 3 is 2.62 bits per heavy atom. The standard InChI is InChI=1S/C11H18N2O3/c14-9-11(5-1-3-7-12-9)6-2-4-8-13(11)10(15)16/h1-8H2,(H,12,14)(H,15,16). The van der Waals surface area contributed by atoms with Crippen LogP contribution in [0.5, 0.6) is 0 Å². The fraction of sp³-hybridized carbons (Fsp3) is 0.818. The molecule has 1 atom stereocenters. The summed E-state index contributed by atoms with van der Waals surface area (Å²) in [5.41, 5.74) is -0.777. The van der Waals surface area contributed by atoms with Crippen molar-refractivity contribution in [3.05, 3.63) is 0 Å². The summed E-state index contributed by atoms with van der Waals surface area (Å²) in [5, 5.41) is 12.1. The van der Waals surface area contributed by atoms with Gasteiger partial charge in [-0.25, -0.2) is 4.79 Å². The highest BCUT2D eigenvalue weighted by atomic mass is 16.4. The van der Waals surface area contributed by atoms with Crippen LogP contribution in [0.1, 0.15) is 38.5 Å². The van der Waals surface area contributed by atoms with E-state index in [1.54, 1.807) is 0 Å². The molecule has 0 aromatic rings. The second-order valence-corrected chi connectivity index (χ2v) is 4.64. The molecule has 2 rings (SSSR count). The van der Waals surface area contributed by atoms with E-state index in [4.69, 9.17) is 0 Å². The van der Waals surface area contributed by atoms with Gasteiger partial charge in [0.1, 0.15) is 5.54 Å². The maximum atomic E-state index is 12.1. The first kappa shape index (κ1) is 11.2. The Balaban J connectivity index is 2.29. The van der Waals surface area contributed by atoms with Crippen molar-refractivity contribution in [3.63, 3.8) is 0 Å². The molecule has 2 aliphatic heterocycles. The highest BCUT2D eigenvalue weighted by Crippen LogP contribution is 2.34. The molecule has 5 nitrogen and oxygen atoms in total. The average Bonchev–Trinajstić information content (AvgIpc) is 2.44. The lowest BCUT2D eigenvalue weighted by Crippen LogP contribution is -2.61. The monoisotopic (exact) mass is 226 g/mol. The van der Waals surface area contributed by atoms with Crippen LogP contribution in [-0.4, -0.2) is 40.6 Å². The summed E-state index contributed by atoms with van der Waals surface area (Å²) in [6.45, 7) is 1.16. The van der Waals surface area contributed by atoms with E-state index in [0.717, 1.165) is 25.7 Å². The lowest BCUT2D eigenvalue weighted by molar-refractivity contribution is -0.134. The fourth-order valence-electron chi connectivity index (χ4n) is 2.83. The van der Waals surface area contributed by atoms with Gasteiger partial charge in [0.15, 0.2) is 0 Å². The van der Waals surface area contributed by atoms with E-state index in [0.29, 0.717) is 25.9 Å². The van der Waals surface area contributed by atoms with Crippen molar-refractivity contribution in [1.82, 2.24) is 10.2 Å². The number of likely N-dealkylation sites (tertiary alicyclic amines) is 1. The molecule has 2 N–H and O–H groups in total. The van der Waals surface area contributed by atoms with E-state index in [9.17, 15) is 14.7 Å². The highest BCUT2D eigenvalue weighted by Gasteiger charge is 2.47. The van der Waals surface area contributed by atoms with Gasteiger partial charge in [0.25, 0.3) is 0 Å². The molecule has 1 spiro atoms. The number of carboxylic acid groups (broad SMARTS) is 1.